The molecule has 0 aromatic carbocycles. The second kappa shape index (κ2) is 2.74. The van der Waals surface area contributed by atoms with E-state index in [-0.39, 0.29) is 5.41 Å². The standard InChI is InChI=1S/C9H13BrO/c1-6-7(5-10)9(2,3)4-8(6)11/h4-5H2,1-3H3. The molecule has 0 saturated carbocycles. The molecule has 1 aliphatic carbocycles. The van der Waals surface area contributed by atoms with Crippen molar-refractivity contribution in [1.82, 2.24) is 0 Å². The van der Waals surface area contributed by atoms with Crippen LogP contribution < -0.4 is 0 Å². The summed E-state index contributed by atoms with van der Waals surface area (Å²) >= 11 is 3.41. The van der Waals surface area contributed by atoms with Crippen LogP contribution in [0.1, 0.15) is 27.2 Å². The number of carbonyl (C=O) groups excluding carboxylic acids is 1. The fourth-order valence-electron chi connectivity index (χ4n) is 1.60. The minimum absolute atomic E-state index is 0.0880. The molecule has 11 heavy (non-hydrogen) atoms. The second-order valence-electron chi connectivity index (χ2n) is 3.72. The Kier molecular flexibility index (Phi) is 2.24. The molecule has 2 heteroatoms. The molecule has 0 bridgehead atoms. The van der Waals surface area contributed by atoms with E-state index < -0.39 is 0 Å². The Balaban J connectivity index is 3.06. The van der Waals surface area contributed by atoms with Crippen LogP contribution in [-0.4, -0.2) is 11.1 Å². The van der Waals surface area contributed by atoms with E-state index in [0.717, 1.165) is 10.9 Å². The molecule has 0 radical (unpaired) electrons. The van der Waals surface area contributed by atoms with Gasteiger partial charge in [-0.3, -0.25) is 4.79 Å². The molecule has 0 atom stereocenters. The van der Waals surface area contributed by atoms with Crippen molar-refractivity contribution in [3.8, 4) is 0 Å². The lowest BCUT2D eigenvalue weighted by molar-refractivity contribution is -0.115. The third-order valence-electron chi connectivity index (χ3n) is 2.42. The maximum atomic E-state index is 11.3. The highest BCUT2D eigenvalue weighted by atomic mass is 79.9. The average molecular weight is 217 g/mol. The second-order valence-corrected chi connectivity index (χ2v) is 4.28. The predicted octanol–water partition coefficient (Wildman–Crippen LogP) is 2.70. The first-order valence-corrected chi connectivity index (χ1v) is 4.90. The monoisotopic (exact) mass is 216 g/mol. The normalized spacial score (nSPS) is 23.1. The quantitative estimate of drug-likeness (QED) is 0.617. The molecule has 1 aliphatic rings. The van der Waals surface area contributed by atoms with Gasteiger partial charge >= 0.3 is 0 Å². The third kappa shape index (κ3) is 1.41. The number of hydrogen-bond donors (Lipinski definition) is 0. The molecule has 0 spiro atoms. The first-order chi connectivity index (χ1) is 4.99. The van der Waals surface area contributed by atoms with Gasteiger partial charge in [0, 0.05) is 11.8 Å². The van der Waals surface area contributed by atoms with E-state index in [1.165, 1.54) is 5.57 Å². The molecule has 1 rings (SSSR count). The number of halogens is 1. The topological polar surface area (TPSA) is 17.1 Å². The van der Waals surface area contributed by atoms with Gasteiger partial charge in [-0.15, -0.1) is 0 Å². The fourth-order valence-corrected chi connectivity index (χ4v) is 2.78. The average Bonchev–Trinajstić information content (AvgIpc) is 2.03. The van der Waals surface area contributed by atoms with Crippen LogP contribution in [-0.2, 0) is 4.79 Å². The van der Waals surface area contributed by atoms with Gasteiger partial charge in [-0.2, -0.15) is 0 Å². The van der Waals surface area contributed by atoms with Gasteiger partial charge in [0.2, 0.25) is 0 Å². The lowest BCUT2D eigenvalue weighted by atomic mass is 9.86. The van der Waals surface area contributed by atoms with Crippen molar-refractivity contribution in [2.45, 2.75) is 27.2 Å². The van der Waals surface area contributed by atoms with Crippen LogP contribution in [0.25, 0.3) is 0 Å². The highest BCUT2D eigenvalue weighted by Gasteiger charge is 2.35. The molecule has 62 valence electrons. The number of hydrogen-bond acceptors (Lipinski definition) is 1. The number of rotatable bonds is 1. The fraction of sp³-hybridized carbons (Fsp3) is 0.667. The van der Waals surface area contributed by atoms with Gasteiger partial charge in [0.15, 0.2) is 5.78 Å². The van der Waals surface area contributed by atoms with Crippen molar-refractivity contribution in [3.05, 3.63) is 11.1 Å². The summed E-state index contributed by atoms with van der Waals surface area (Å²) in [7, 11) is 0. The van der Waals surface area contributed by atoms with E-state index in [4.69, 9.17) is 0 Å². The minimum Gasteiger partial charge on any atom is -0.295 e. The molecule has 0 amide bonds. The highest BCUT2D eigenvalue weighted by molar-refractivity contribution is 9.09. The molecule has 0 aliphatic heterocycles. The Labute approximate surface area is 76.0 Å². The van der Waals surface area contributed by atoms with E-state index in [0.29, 0.717) is 12.2 Å². The first kappa shape index (κ1) is 8.98. The number of carbonyl (C=O) groups is 1. The van der Waals surface area contributed by atoms with Crippen LogP contribution in [0.2, 0.25) is 0 Å². The van der Waals surface area contributed by atoms with Gasteiger partial charge in [0.05, 0.1) is 0 Å². The van der Waals surface area contributed by atoms with Gasteiger partial charge in [-0.25, -0.2) is 0 Å². The van der Waals surface area contributed by atoms with Crippen LogP contribution in [0.5, 0.6) is 0 Å². The Morgan fingerprint density at radius 3 is 2.27 bits per heavy atom. The highest BCUT2D eigenvalue weighted by Crippen LogP contribution is 2.40. The summed E-state index contributed by atoms with van der Waals surface area (Å²) in [6.07, 6.45) is 0.680. The van der Waals surface area contributed by atoms with Gasteiger partial charge in [0.1, 0.15) is 0 Å². The summed E-state index contributed by atoms with van der Waals surface area (Å²) in [5.74, 6) is 0.310. The zero-order valence-corrected chi connectivity index (χ0v) is 8.79. The molecular formula is C9H13BrO. The lowest BCUT2D eigenvalue weighted by Gasteiger charge is -2.19. The molecule has 0 aromatic heterocycles. The largest absolute Gasteiger partial charge is 0.295 e. The van der Waals surface area contributed by atoms with Crippen molar-refractivity contribution in [1.29, 1.82) is 0 Å². The number of Topliss-reactive ketones (excluding diaryl/α,β-unsaturated/α-hetero) is 1. The van der Waals surface area contributed by atoms with Crippen molar-refractivity contribution < 1.29 is 4.79 Å². The van der Waals surface area contributed by atoms with Crippen molar-refractivity contribution in [2.24, 2.45) is 5.41 Å². The summed E-state index contributed by atoms with van der Waals surface area (Å²) in [6, 6.07) is 0. The van der Waals surface area contributed by atoms with E-state index in [2.05, 4.69) is 29.8 Å². The maximum Gasteiger partial charge on any atom is 0.159 e. The number of allylic oxidation sites excluding steroid dienone is 2. The molecule has 0 N–H and O–H groups in total. The molecule has 0 unspecified atom stereocenters. The van der Waals surface area contributed by atoms with Crippen LogP contribution in [0.4, 0.5) is 0 Å². The summed E-state index contributed by atoms with van der Waals surface area (Å²) in [5, 5.41) is 0.831. The SMILES string of the molecule is CC1=C(CBr)C(C)(C)CC1=O. The smallest absolute Gasteiger partial charge is 0.159 e. The van der Waals surface area contributed by atoms with Crippen molar-refractivity contribution in [2.75, 3.05) is 5.33 Å². The molecular weight excluding hydrogens is 204 g/mol. The Morgan fingerprint density at radius 1 is 1.55 bits per heavy atom. The molecule has 0 aromatic rings. The van der Waals surface area contributed by atoms with E-state index in [1.807, 2.05) is 6.92 Å². The number of ketones is 1. The van der Waals surface area contributed by atoms with E-state index >= 15 is 0 Å². The van der Waals surface area contributed by atoms with Gasteiger partial charge in [-0.1, -0.05) is 29.8 Å². The van der Waals surface area contributed by atoms with E-state index in [1.54, 1.807) is 0 Å². The first-order valence-electron chi connectivity index (χ1n) is 3.78. The van der Waals surface area contributed by atoms with Crippen LogP contribution in [0, 0.1) is 5.41 Å². The molecule has 0 saturated heterocycles. The summed E-state index contributed by atoms with van der Waals surface area (Å²) in [6.45, 7) is 6.17. The van der Waals surface area contributed by atoms with Crippen molar-refractivity contribution in [3.63, 3.8) is 0 Å². The maximum absolute atomic E-state index is 11.3. The summed E-state index contributed by atoms with van der Waals surface area (Å²) < 4.78 is 0. The predicted molar refractivity (Wildman–Crippen MR) is 49.9 cm³/mol. The van der Waals surface area contributed by atoms with E-state index in [9.17, 15) is 4.79 Å². The van der Waals surface area contributed by atoms with Gasteiger partial charge in [0.25, 0.3) is 0 Å². The lowest BCUT2D eigenvalue weighted by Crippen LogP contribution is -2.11. The minimum atomic E-state index is 0.0880. The third-order valence-corrected chi connectivity index (χ3v) is 2.98. The molecule has 1 nitrogen and oxygen atoms in total. The van der Waals surface area contributed by atoms with Gasteiger partial charge < -0.3 is 0 Å². The molecule has 0 heterocycles. The van der Waals surface area contributed by atoms with Gasteiger partial charge in [-0.05, 0) is 23.5 Å². The summed E-state index contributed by atoms with van der Waals surface area (Å²) in [4.78, 5) is 11.3. The summed E-state index contributed by atoms with van der Waals surface area (Å²) in [5.41, 5.74) is 2.32. The zero-order valence-electron chi connectivity index (χ0n) is 7.20. The Hall–Kier alpha value is -0.110. The molecule has 0 fully saturated rings. The zero-order chi connectivity index (χ0) is 8.65. The van der Waals surface area contributed by atoms with Crippen LogP contribution in [0.3, 0.4) is 0 Å². The Bertz CT molecular complexity index is 226. The number of alkyl halides is 1. The van der Waals surface area contributed by atoms with Crippen molar-refractivity contribution >= 4 is 21.7 Å². The van der Waals surface area contributed by atoms with Crippen LogP contribution in [0.15, 0.2) is 11.1 Å². The Morgan fingerprint density at radius 2 is 2.09 bits per heavy atom. The van der Waals surface area contributed by atoms with Crippen LogP contribution >= 0.6 is 15.9 Å².